The molecule has 0 aliphatic carbocycles. The second kappa shape index (κ2) is 5.38. The van der Waals surface area contributed by atoms with Gasteiger partial charge in [0.2, 0.25) is 0 Å². The summed E-state index contributed by atoms with van der Waals surface area (Å²) in [5, 5.41) is 2.22. The molecule has 0 radical (unpaired) electrons. The minimum Gasteiger partial charge on any atom is -0.335 e. The summed E-state index contributed by atoms with van der Waals surface area (Å²) in [6.07, 6.45) is 0. The van der Waals surface area contributed by atoms with Gasteiger partial charge in [-0.3, -0.25) is 4.79 Å². The van der Waals surface area contributed by atoms with Crippen molar-refractivity contribution in [3.63, 3.8) is 0 Å². The highest BCUT2D eigenvalue weighted by atomic mass is 35.5. The minimum absolute atomic E-state index is 0.0363. The molecular weight excluding hydrogens is 274 g/mol. The van der Waals surface area contributed by atoms with Gasteiger partial charge in [0, 0.05) is 31.6 Å². The quantitative estimate of drug-likeness (QED) is 0.756. The number of hydrogen-bond donors (Lipinski definition) is 0. The third-order valence-electron chi connectivity index (χ3n) is 3.70. The summed E-state index contributed by atoms with van der Waals surface area (Å²) in [5.41, 5.74) is 0.429. The maximum Gasteiger partial charge on any atom is 0.272 e. The van der Waals surface area contributed by atoms with Crippen LogP contribution < -0.4 is 0 Å². The lowest BCUT2D eigenvalue weighted by atomic mass is 10.1. The summed E-state index contributed by atoms with van der Waals surface area (Å²) < 4.78 is 0. The zero-order valence-corrected chi connectivity index (χ0v) is 12.1. The van der Waals surface area contributed by atoms with Gasteiger partial charge in [-0.25, -0.2) is 4.98 Å². The lowest BCUT2D eigenvalue weighted by molar-refractivity contribution is 0.0658. The summed E-state index contributed by atoms with van der Waals surface area (Å²) in [6, 6.07) is 9.53. The molecule has 0 atom stereocenters. The summed E-state index contributed by atoms with van der Waals surface area (Å²) in [5.74, 6) is -0.0363. The van der Waals surface area contributed by atoms with Gasteiger partial charge in [0.15, 0.2) is 0 Å². The standard InChI is InChI=1S/C15H16ClN3O/c1-18-6-8-19(9-7-18)15(20)13-10-11-4-2-3-5-12(11)14(16)17-13/h2-5,10H,6-9H2,1H3. The number of pyridine rings is 1. The Labute approximate surface area is 123 Å². The predicted octanol–water partition coefficient (Wildman–Crippen LogP) is 2.28. The SMILES string of the molecule is CN1CCN(C(=O)c2cc3ccccc3c(Cl)n2)CC1. The number of carbonyl (C=O) groups excluding carboxylic acids is 1. The fourth-order valence-electron chi connectivity index (χ4n) is 2.44. The smallest absolute Gasteiger partial charge is 0.272 e. The van der Waals surface area contributed by atoms with Crippen molar-refractivity contribution in [3.05, 3.63) is 41.2 Å². The lowest BCUT2D eigenvalue weighted by Crippen LogP contribution is -2.47. The highest BCUT2D eigenvalue weighted by molar-refractivity contribution is 6.34. The Morgan fingerprint density at radius 2 is 1.90 bits per heavy atom. The predicted molar refractivity (Wildman–Crippen MR) is 80.2 cm³/mol. The van der Waals surface area contributed by atoms with Gasteiger partial charge >= 0.3 is 0 Å². The van der Waals surface area contributed by atoms with Gasteiger partial charge in [-0.2, -0.15) is 0 Å². The van der Waals surface area contributed by atoms with E-state index in [1.165, 1.54) is 0 Å². The summed E-state index contributed by atoms with van der Waals surface area (Å²) in [6.45, 7) is 3.27. The Kier molecular flexibility index (Phi) is 3.59. The number of likely N-dealkylation sites (N-methyl/N-ethyl adjacent to an activating group) is 1. The largest absolute Gasteiger partial charge is 0.335 e. The molecule has 20 heavy (non-hydrogen) atoms. The van der Waals surface area contributed by atoms with Crippen molar-refractivity contribution in [2.75, 3.05) is 33.2 Å². The number of nitrogens with zero attached hydrogens (tertiary/aromatic N) is 3. The molecule has 4 nitrogen and oxygen atoms in total. The highest BCUT2D eigenvalue weighted by Crippen LogP contribution is 2.23. The van der Waals surface area contributed by atoms with E-state index in [0.717, 1.165) is 37.0 Å². The Bertz CT molecular complexity index is 651. The molecule has 104 valence electrons. The molecule has 0 saturated carbocycles. The number of hydrogen-bond acceptors (Lipinski definition) is 3. The number of carbonyl (C=O) groups is 1. The Morgan fingerprint density at radius 3 is 2.65 bits per heavy atom. The van der Waals surface area contributed by atoms with Crippen molar-refractivity contribution in [1.29, 1.82) is 0 Å². The monoisotopic (exact) mass is 289 g/mol. The first-order valence-corrected chi connectivity index (χ1v) is 7.06. The molecular formula is C15H16ClN3O. The Balaban J connectivity index is 1.92. The van der Waals surface area contributed by atoms with Crippen LogP contribution in [0.15, 0.2) is 30.3 Å². The molecule has 0 bridgehead atoms. The molecule has 1 aliphatic rings. The average Bonchev–Trinajstić information content (AvgIpc) is 2.47. The Morgan fingerprint density at radius 1 is 1.20 bits per heavy atom. The third kappa shape index (κ3) is 2.49. The van der Waals surface area contributed by atoms with Crippen LogP contribution in [0.4, 0.5) is 0 Å². The van der Waals surface area contributed by atoms with E-state index in [9.17, 15) is 4.79 Å². The molecule has 3 rings (SSSR count). The summed E-state index contributed by atoms with van der Waals surface area (Å²) in [7, 11) is 2.06. The van der Waals surface area contributed by atoms with Crippen LogP contribution in [0.25, 0.3) is 10.8 Å². The molecule has 2 heterocycles. The second-order valence-electron chi connectivity index (χ2n) is 5.11. The van der Waals surface area contributed by atoms with Gasteiger partial charge in [0.05, 0.1) is 0 Å². The topological polar surface area (TPSA) is 36.4 Å². The molecule has 1 saturated heterocycles. The number of rotatable bonds is 1. The van der Waals surface area contributed by atoms with Crippen LogP contribution >= 0.6 is 11.6 Å². The molecule has 0 N–H and O–H groups in total. The zero-order chi connectivity index (χ0) is 14.1. The summed E-state index contributed by atoms with van der Waals surface area (Å²) >= 11 is 6.18. The van der Waals surface area contributed by atoms with E-state index in [4.69, 9.17) is 11.6 Å². The van der Waals surface area contributed by atoms with E-state index in [1.807, 2.05) is 35.2 Å². The third-order valence-corrected chi connectivity index (χ3v) is 3.99. The van der Waals surface area contributed by atoms with Gasteiger partial charge < -0.3 is 9.80 Å². The number of piperazine rings is 1. The van der Waals surface area contributed by atoms with Crippen molar-refractivity contribution in [2.24, 2.45) is 0 Å². The van der Waals surface area contributed by atoms with E-state index in [0.29, 0.717) is 10.8 Å². The molecule has 1 aliphatic heterocycles. The molecule has 2 aromatic rings. The van der Waals surface area contributed by atoms with Crippen LogP contribution in [0.1, 0.15) is 10.5 Å². The van der Waals surface area contributed by atoms with Crippen LogP contribution in [-0.2, 0) is 0 Å². The molecule has 1 fully saturated rings. The number of aromatic nitrogens is 1. The first kappa shape index (κ1) is 13.3. The van der Waals surface area contributed by atoms with Crippen molar-refractivity contribution in [3.8, 4) is 0 Å². The number of halogens is 1. The maximum absolute atomic E-state index is 12.5. The van der Waals surface area contributed by atoms with Crippen molar-refractivity contribution in [2.45, 2.75) is 0 Å². The van der Waals surface area contributed by atoms with E-state index in [-0.39, 0.29) is 5.91 Å². The minimum atomic E-state index is -0.0363. The van der Waals surface area contributed by atoms with E-state index in [1.54, 1.807) is 0 Å². The van der Waals surface area contributed by atoms with Gasteiger partial charge in [-0.15, -0.1) is 0 Å². The first-order valence-electron chi connectivity index (χ1n) is 6.68. The molecule has 1 amide bonds. The van der Waals surface area contributed by atoms with Gasteiger partial charge in [0.25, 0.3) is 5.91 Å². The number of amides is 1. The fraction of sp³-hybridized carbons (Fsp3) is 0.333. The normalized spacial score (nSPS) is 16.6. The highest BCUT2D eigenvalue weighted by Gasteiger charge is 2.22. The van der Waals surface area contributed by atoms with Crippen molar-refractivity contribution < 1.29 is 4.79 Å². The van der Waals surface area contributed by atoms with Crippen LogP contribution in [-0.4, -0.2) is 53.9 Å². The number of benzene rings is 1. The van der Waals surface area contributed by atoms with Crippen molar-refractivity contribution in [1.82, 2.24) is 14.8 Å². The van der Waals surface area contributed by atoms with Crippen molar-refractivity contribution >= 4 is 28.3 Å². The average molecular weight is 290 g/mol. The van der Waals surface area contributed by atoms with E-state index < -0.39 is 0 Å². The maximum atomic E-state index is 12.5. The molecule has 1 aromatic carbocycles. The fourth-order valence-corrected chi connectivity index (χ4v) is 2.70. The lowest BCUT2D eigenvalue weighted by Gasteiger charge is -2.32. The number of fused-ring (bicyclic) bond motifs is 1. The second-order valence-corrected chi connectivity index (χ2v) is 5.47. The van der Waals surface area contributed by atoms with Gasteiger partial charge in [-0.1, -0.05) is 35.9 Å². The van der Waals surface area contributed by atoms with Crippen LogP contribution in [0, 0.1) is 0 Å². The van der Waals surface area contributed by atoms with Gasteiger partial charge in [0.1, 0.15) is 10.8 Å². The Hall–Kier alpha value is -1.65. The zero-order valence-electron chi connectivity index (χ0n) is 11.3. The summed E-state index contributed by atoms with van der Waals surface area (Å²) in [4.78, 5) is 20.8. The van der Waals surface area contributed by atoms with E-state index >= 15 is 0 Å². The first-order chi connectivity index (χ1) is 9.65. The van der Waals surface area contributed by atoms with Gasteiger partial charge in [-0.05, 0) is 18.5 Å². The molecule has 1 aromatic heterocycles. The van der Waals surface area contributed by atoms with Crippen LogP contribution in [0.3, 0.4) is 0 Å². The van der Waals surface area contributed by atoms with Crippen LogP contribution in [0.2, 0.25) is 5.15 Å². The molecule has 0 unspecified atom stereocenters. The molecule has 5 heteroatoms. The van der Waals surface area contributed by atoms with Crippen LogP contribution in [0.5, 0.6) is 0 Å². The molecule has 0 spiro atoms. The van der Waals surface area contributed by atoms with E-state index in [2.05, 4.69) is 16.9 Å².